The lowest BCUT2D eigenvalue weighted by Crippen LogP contribution is -2.37. The Hall–Kier alpha value is -3.01. The molecular formula is C23H19NO3. The molecule has 134 valence electrons. The molecule has 0 radical (unpaired) electrons. The second-order valence-corrected chi connectivity index (χ2v) is 8.02. The van der Waals surface area contributed by atoms with E-state index in [2.05, 4.69) is 5.32 Å². The first-order chi connectivity index (χ1) is 12.9. The summed E-state index contributed by atoms with van der Waals surface area (Å²) in [6, 6.07) is 19.5. The molecule has 3 aliphatic rings. The summed E-state index contributed by atoms with van der Waals surface area (Å²) in [5.74, 6) is -1.98. The van der Waals surface area contributed by atoms with Gasteiger partial charge in [-0.25, -0.2) is 0 Å². The number of hydrogen-bond donors (Lipinski definition) is 1. The summed E-state index contributed by atoms with van der Waals surface area (Å²) >= 11 is 0. The van der Waals surface area contributed by atoms with E-state index in [0.717, 1.165) is 22.3 Å². The minimum Gasteiger partial charge on any atom is -0.298 e. The van der Waals surface area contributed by atoms with Crippen LogP contribution in [0.15, 0.2) is 60.7 Å². The summed E-state index contributed by atoms with van der Waals surface area (Å²) in [5, 5.41) is 2.48. The predicted molar refractivity (Wildman–Crippen MR) is 101 cm³/mol. The SMILES string of the molecule is CC12C(=O)C(C)(C(c3ccccc3)=C1c1ccccc1)C1C(=O)NC(=O)C12. The molecule has 0 spiro atoms. The van der Waals surface area contributed by atoms with Crippen molar-refractivity contribution in [3.05, 3.63) is 71.8 Å². The maximum Gasteiger partial charge on any atom is 0.231 e. The third kappa shape index (κ3) is 1.71. The predicted octanol–water partition coefficient (Wildman–Crippen LogP) is 3.10. The monoisotopic (exact) mass is 357 g/mol. The average molecular weight is 357 g/mol. The Bertz CT molecular complexity index is 958. The molecule has 4 nitrogen and oxygen atoms in total. The first-order valence-corrected chi connectivity index (χ1v) is 9.17. The van der Waals surface area contributed by atoms with E-state index in [9.17, 15) is 14.4 Å². The maximum atomic E-state index is 13.7. The van der Waals surface area contributed by atoms with Crippen LogP contribution in [0.25, 0.3) is 11.1 Å². The van der Waals surface area contributed by atoms with Crippen LogP contribution < -0.4 is 5.32 Å². The van der Waals surface area contributed by atoms with Crippen molar-refractivity contribution in [2.45, 2.75) is 13.8 Å². The molecule has 1 N–H and O–H groups in total. The van der Waals surface area contributed by atoms with E-state index in [-0.39, 0.29) is 17.6 Å². The fourth-order valence-corrected chi connectivity index (χ4v) is 5.75. The van der Waals surface area contributed by atoms with Crippen molar-refractivity contribution in [1.29, 1.82) is 0 Å². The van der Waals surface area contributed by atoms with E-state index in [0.29, 0.717) is 0 Å². The van der Waals surface area contributed by atoms with Gasteiger partial charge in [0.15, 0.2) is 5.78 Å². The molecule has 1 saturated heterocycles. The van der Waals surface area contributed by atoms with Crippen LogP contribution in [0.4, 0.5) is 0 Å². The second kappa shape index (κ2) is 5.03. The molecular weight excluding hydrogens is 338 g/mol. The molecule has 4 heteroatoms. The van der Waals surface area contributed by atoms with Crippen LogP contribution in [-0.2, 0) is 14.4 Å². The molecule has 1 aliphatic heterocycles. The van der Waals surface area contributed by atoms with Crippen LogP contribution in [0, 0.1) is 22.7 Å². The van der Waals surface area contributed by atoms with Gasteiger partial charge in [-0.1, -0.05) is 60.7 Å². The van der Waals surface area contributed by atoms with Gasteiger partial charge in [-0.2, -0.15) is 0 Å². The van der Waals surface area contributed by atoms with E-state index in [4.69, 9.17) is 0 Å². The molecule has 2 aromatic rings. The van der Waals surface area contributed by atoms with Crippen molar-refractivity contribution < 1.29 is 14.4 Å². The second-order valence-electron chi connectivity index (χ2n) is 8.02. The van der Waals surface area contributed by atoms with Gasteiger partial charge in [0, 0.05) is 0 Å². The summed E-state index contributed by atoms with van der Waals surface area (Å²) in [6.07, 6.45) is 0. The van der Waals surface area contributed by atoms with E-state index in [1.165, 1.54) is 0 Å². The topological polar surface area (TPSA) is 63.2 Å². The number of imide groups is 1. The van der Waals surface area contributed by atoms with Crippen LogP contribution in [0.5, 0.6) is 0 Å². The number of amides is 2. The molecule has 4 atom stereocenters. The van der Waals surface area contributed by atoms with Gasteiger partial charge in [0.1, 0.15) is 0 Å². The van der Waals surface area contributed by atoms with Crippen molar-refractivity contribution in [3.8, 4) is 0 Å². The zero-order chi connectivity index (χ0) is 19.0. The van der Waals surface area contributed by atoms with E-state index in [1.807, 2.05) is 74.5 Å². The Morgan fingerprint density at radius 1 is 0.667 bits per heavy atom. The number of benzene rings is 2. The van der Waals surface area contributed by atoms with Gasteiger partial charge in [0.2, 0.25) is 11.8 Å². The van der Waals surface area contributed by atoms with Crippen molar-refractivity contribution >= 4 is 28.7 Å². The Kier molecular flexibility index (Phi) is 3.02. The standard InChI is InChI=1S/C23H19NO3/c1-22-15(13-9-5-3-6-10-13)16(14-11-7-4-8-12-14)23(2,21(22)27)18-17(22)19(25)24-20(18)26/h3-12,17-18H,1-2H3,(H,24,25,26). The molecule has 2 fully saturated rings. The highest BCUT2D eigenvalue weighted by molar-refractivity contribution is 6.29. The summed E-state index contributed by atoms with van der Waals surface area (Å²) in [6.45, 7) is 3.68. The first-order valence-electron chi connectivity index (χ1n) is 9.17. The lowest BCUT2D eigenvalue weighted by Gasteiger charge is -2.35. The smallest absolute Gasteiger partial charge is 0.231 e. The largest absolute Gasteiger partial charge is 0.298 e. The van der Waals surface area contributed by atoms with Gasteiger partial charge in [-0.15, -0.1) is 0 Å². The number of hydrogen-bond acceptors (Lipinski definition) is 3. The van der Waals surface area contributed by atoms with Crippen LogP contribution in [0.2, 0.25) is 0 Å². The third-order valence-electron chi connectivity index (χ3n) is 6.75. The normalized spacial score (nSPS) is 34.2. The van der Waals surface area contributed by atoms with E-state index >= 15 is 0 Å². The number of Topliss-reactive ketones (excluding diaryl/α,β-unsaturated/α-hetero) is 1. The lowest BCUT2D eigenvalue weighted by atomic mass is 9.63. The Morgan fingerprint density at radius 3 is 1.41 bits per heavy atom. The van der Waals surface area contributed by atoms with Crippen LogP contribution in [0.1, 0.15) is 25.0 Å². The zero-order valence-corrected chi connectivity index (χ0v) is 15.2. The van der Waals surface area contributed by atoms with Gasteiger partial charge in [-0.3, -0.25) is 19.7 Å². The van der Waals surface area contributed by atoms with Crippen LogP contribution >= 0.6 is 0 Å². The molecule has 2 amide bonds. The van der Waals surface area contributed by atoms with Gasteiger partial charge < -0.3 is 0 Å². The Labute approximate surface area is 157 Å². The van der Waals surface area contributed by atoms with Crippen molar-refractivity contribution in [1.82, 2.24) is 5.32 Å². The number of nitrogens with one attached hydrogen (secondary N) is 1. The van der Waals surface area contributed by atoms with Gasteiger partial charge in [0.05, 0.1) is 22.7 Å². The zero-order valence-electron chi connectivity index (χ0n) is 15.2. The minimum atomic E-state index is -1.01. The highest BCUT2D eigenvalue weighted by Crippen LogP contribution is 2.72. The number of ketones is 1. The summed E-state index contributed by atoms with van der Waals surface area (Å²) in [5.41, 5.74) is 1.61. The molecule has 5 rings (SSSR count). The fourth-order valence-electron chi connectivity index (χ4n) is 5.75. The lowest BCUT2D eigenvalue weighted by molar-refractivity contribution is -0.135. The molecule has 1 saturated carbocycles. The van der Waals surface area contributed by atoms with E-state index in [1.54, 1.807) is 0 Å². The van der Waals surface area contributed by atoms with Gasteiger partial charge >= 0.3 is 0 Å². The Morgan fingerprint density at radius 2 is 1.04 bits per heavy atom. The maximum absolute atomic E-state index is 13.7. The highest BCUT2D eigenvalue weighted by atomic mass is 16.2. The highest BCUT2D eigenvalue weighted by Gasteiger charge is 2.77. The molecule has 27 heavy (non-hydrogen) atoms. The van der Waals surface area contributed by atoms with E-state index < -0.39 is 22.7 Å². The van der Waals surface area contributed by atoms with Gasteiger partial charge in [0.25, 0.3) is 0 Å². The van der Waals surface area contributed by atoms with Crippen molar-refractivity contribution in [2.24, 2.45) is 22.7 Å². The number of carbonyl (C=O) groups is 3. The molecule has 4 unspecified atom stereocenters. The summed E-state index contributed by atoms with van der Waals surface area (Å²) in [7, 11) is 0. The molecule has 2 aliphatic carbocycles. The summed E-state index contributed by atoms with van der Waals surface area (Å²) in [4.78, 5) is 39.0. The van der Waals surface area contributed by atoms with Crippen molar-refractivity contribution in [2.75, 3.05) is 0 Å². The van der Waals surface area contributed by atoms with Gasteiger partial charge in [-0.05, 0) is 36.1 Å². The molecule has 0 aromatic heterocycles. The number of allylic oxidation sites excluding steroid dienone is 2. The average Bonchev–Trinajstić information content (AvgIpc) is 3.15. The Balaban J connectivity index is 1.90. The fraction of sp³-hybridized carbons (Fsp3) is 0.261. The number of carbonyl (C=O) groups excluding carboxylic acids is 3. The summed E-state index contributed by atoms with van der Waals surface area (Å²) < 4.78 is 0. The quantitative estimate of drug-likeness (QED) is 0.840. The first kappa shape index (κ1) is 16.2. The number of rotatable bonds is 2. The molecule has 2 bridgehead atoms. The molecule has 1 heterocycles. The minimum absolute atomic E-state index is 0.0223. The van der Waals surface area contributed by atoms with Crippen molar-refractivity contribution in [3.63, 3.8) is 0 Å². The van der Waals surface area contributed by atoms with Crippen LogP contribution in [0.3, 0.4) is 0 Å². The number of fused-ring (bicyclic) bond motifs is 5. The molecule has 2 aromatic carbocycles. The third-order valence-corrected chi connectivity index (χ3v) is 6.75. The van der Waals surface area contributed by atoms with Crippen LogP contribution in [-0.4, -0.2) is 17.6 Å².